The van der Waals surface area contributed by atoms with Crippen LogP contribution in [0.15, 0.2) is 18.5 Å². The summed E-state index contributed by atoms with van der Waals surface area (Å²) in [5.41, 5.74) is 2.25. The molecule has 0 aromatic carbocycles. The van der Waals surface area contributed by atoms with Gasteiger partial charge in [0.25, 0.3) is 0 Å². The van der Waals surface area contributed by atoms with Crippen molar-refractivity contribution in [1.29, 1.82) is 0 Å². The van der Waals surface area contributed by atoms with Gasteiger partial charge in [-0.3, -0.25) is 0 Å². The van der Waals surface area contributed by atoms with E-state index in [9.17, 15) is 0 Å². The second-order valence-corrected chi connectivity index (χ2v) is 6.15. The molecule has 2 aromatic heterocycles. The molecule has 1 fully saturated rings. The van der Waals surface area contributed by atoms with Crippen molar-refractivity contribution in [3.05, 3.63) is 24.2 Å². The van der Waals surface area contributed by atoms with Gasteiger partial charge in [0.15, 0.2) is 5.82 Å². The fraction of sp³-hybridized carbons (Fsp3) is 0.625. The lowest BCUT2D eigenvalue weighted by Crippen LogP contribution is -2.46. The number of hydrogen-bond acceptors (Lipinski definition) is 4. The third-order valence-corrected chi connectivity index (χ3v) is 4.19. The smallest absolute Gasteiger partial charge is 0.154 e. The minimum Gasteiger partial charge on any atom is -0.353 e. The molecule has 1 unspecified atom stereocenters. The Labute approximate surface area is 126 Å². The van der Waals surface area contributed by atoms with Gasteiger partial charge in [-0.15, -0.1) is 0 Å². The summed E-state index contributed by atoms with van der Waals surface area (Å²) in [5.74, 6) is 1.51. The molecule has 2 aromatic rings. The summed E-state index contributed by atoms with van der Waals surface area (Å²) in [7, 11) is 0. The zero-order chi connectivity index (χ0) is 14.8. The van der Waals surface area contributed by atoms with E-state index in [-0.39, 0.29) is 0 Å². The van der Waals surface area contributed by atoms with E-state index in [1.54, 1.807) is 0 Å². The van der Waals surface area contributed by atoms with E-state index in [1.807, 2.05) is 16.9 Å². The van der Waals surface area contributed by atoms with E-state index in [4.69, 9.17) is 0 Å². The summed E-state index contributed by atoms with van der Waals surface area (Å²) in [4.78, 5) is 7.04. The zero-order valence-corrected chi connectivity index (χ0v) is 13.2. The maximum Gasteiger partial charge on any atom is 0.154 e. The van der Waals surface area contributed by atoms with Gasteiger partial charge in [0.2, 0.25) is 0 Å². The molecule has 1 aliphatic heterocycles. The molecule has 1 N–H and O–H groups in total. The number of anilines is 1. The van der Waals surface area contributed by atoms with Crippen molar-refractivity contribution in [3.63, 3.8) is 0 Å². The Morgan fingerprint density at radius 2 is 2.29 bits per heavy atom. The first-order chi connectivity index (χ1) is 10.2. The van der Waals surface area contributed by atoms with Crippen LogP contribution in [0, 0.1) is 0 Å². The van der Waals surface area contributed by atoms with Gasteiger partial charge >= 0.3 is 0 Å². The molecule has 5 nitrogen and oxygen atoms in total. The zero-order valence-electron chi connectivity index (χ0n) is 13.2. The second-order valence-electron chi connectivity index (χ2n) is 6.15. The Morgan fingerprint density at radius 3 is 3.05 bits per heavy atom. The molecule has 3 rings (SSSR count). The highest BCUT2D eigenvalue weighted by Crippen LogP contribution is 2.25. The van der Waals surface area contributed by atoms with Crippen molar-refractivity contribution < 1.29 is 0 Å². The van der Waals surface area contributed by atoms with Crippen molar-refractivity contribution in [1.82, 2.24) is 19.9 Å². The summed E-state index contributed by atoms with van der Waals surface area (Å²) in [5, 5.41) is 8.22. The Bertz CT molecular complexity index is 602. The standard InChI is InChI=1S/C16H25N5/c1-4-17-13-6-5-8-20(11-13)16-15-10-14(12(2)3)19-21(15)9-7-18-16/h7,9-10,12-13,17H,4-6,8,11H2,1-3H3. The van der Waals surface area contributed by atoms with E-state index >= 15 is 0 Å². The molecule has 1 atom stereocenters. The predicted molar refractivity (Wildman–Crippen MR) is 86.0 cm³/mol. The summed E-state index contributed by atoms with van der Waals surface area (Å²) in [6.45, 7) is 9.66. The first-order valence-corrected chi connectivity index (χ1v) is 8.01. The number of aromatic nitrogens is 3. The molecule has 0 saturated carbocycles. The van der Waals surface area contributed by atoms with Crippen LogP contribution in [-0.2, 0) is 0 Å². The fourth-order valence-corrected chi connectivity index (χ4v) is 3.08. The number of rotatable bonds is 4. The van der Waals surface area contributed by atoms with Crippen molar-refractivity contribution in [2.45, 2.75) is 45.6 Å². The topological polar surface area (TPSA) is 45.5 Å². The number of fused-ring (bicyclic) bond motifs is 1. The van der Waals surface area contributed by atoms with Gasteiger partial charge < -0.3 is 10.2 Å². The average Bonchev–Trinajstić information content (AvgIpc) is 2.92. The van der Waals surface area contributed by atoms with Gasteiger partial charge in [-0.25, -0.2) is 9.50 Å². The lowest BCUT2D eigenvalue weighted by atomic mass is 10.1. The van der Waals surface area contributed by atoms with Crippen LogP contribution in [0.25, 0.3) is 5.52 Å². The van der Waals surface area contributed by atoms with E-state index in [0.29, 0.717) is 12.0 Å². The Balaban J connectivity index is 1.92. The SMILES string of the molecule is CCNC1CCCN(c2nccn3nc(C(C)C)cc23)C1. The third-order valence-electron chi connectivity index (χ3n) is 4.19. The number of nitrogens with zero attached hydrogens (tertiary/aromatic N) is 4. The molecule has 0 spiro atoms. The fourth-order valence-electron chi connectivity index (χ4n) is 3.08. The summed E-state index contributed by atoms with van der Waals surface area (Å²) in [6, 6.07) is 2.75. The van der Waals surface area contributed by atoms with Crippen LogP contribution in [0.5, 0.6) is 0 Å². The maximum atomic E-state index is 4.66. The minimum atomic E-state index is 0.439. The Hall–Kier alpha value is -1.62. The summed E-state index contributed by atoms with van der Waals surface area (Å²) >= 11 is 0. The molecule has 0 radical (unpaired) electrons. The molecule has 0 amide bonds. The molecule has 114 valence electrons. The van der Waals surface area contributed by atoms with Crippen molar-refractivity contribution in [3.8, 4) is 0 Å². The number of piperidine rings is 1. The lowest BCUT2D eigenvalue weighted by Gasteiger charge is -2.34. The molecule has 3 heterocycles. The van der Waals surface area contributed by atoms with Crippen LogP contribution in [0.4, 0.5) is 5.82 Å². The van der Waals surface area contributed by atoms with Crippen LogP contribution in [0.3, 0.4) is 0 Å². The van der Waals surface area contributed by atoms with Gasteiger partial charge in [0.05, 0.1) is 5.69 Å². The predicted octanol–water partition coefficient (Wildman–Crippen LogP) is 2.43. The maximum absolute atomic E-state index is 4.66. The molecular weight excluding hydrogens is 262 g/mol. The van der Waals surface area contributed by atoms with Crippen LogP contribution in [-0.4, -0.2) is 40.3 Å². The van der Waals surface area contributed by atoms with Crippen molar-refractivity contribution in [2.24, 2.45) is 0 Å². The Morgan fingerprint density at radius 1 is 1.43 bits per heavy atom. The molecule has 0 bridgehead atoms. The Kier molecular flexibility index (Phi) is 4.10. The highest BCUT2D eigenvalue weighted by molar-refractivity contribution is 5.69. The van der Waals surface area contributed by atoms with Crippen LogP contribution in [0.1, 0.15) is 45.2 Å². The van der Waals surface area contributed by atoms with Gasteiger partial charge in [-0.1, -0.05) is 20.8 Å². The first-order valence-electron chi connectivity index (χ1n) is 8.01. The average molecular weight is 287 g/mol. The second kappa shape index (κ2) is 6.02. The number of likely N-dealkylation sites (N-methyl/N-ethyl adjacent to an activating group) is 1. The number of hydrogen-bond donors (Lipinski definition) is 1. The normalized spacial score (nSPS) is 19.6. The van der Waals surface area contributed by atoms with Crippen molar-refractivity contribution in [2.75, 3.05) is 24.5 Å². The quantitative estimate of drug-likeness (QED) is 0.938. The van der Waals surface area contributed by atoms with Crippen LogP contribution in [0.2, 0.25) is 0 Å². The van der Waals surface area contributed by atoms with E-state index in [2.05, 4.69) is 47.1 Å². The lowest BCUT2D eigenvalue weighted by molar-refractivity contribution is 0.430. The largest absolute Gasteiger partial charge is 0.353 e. The van der Waals surface area contributed by atoms with Gasteiger partial charge in [0, 0.05) is 31.5 Å². The van der Waals surface area contributed by atoms with Crippen molar-refractivity contribution >= 4 is 11.3 Å². The van der Waals surface area contributed by atoms with E-state index < -0.39 is 0 Å². The van der Waals surface area contributed by atoms with E-state index in [1.165, 1.54) is 12.8 Å². The van der Waals surface area contributed by atoms with Gasteiger partial charge in [-0.2, -0.15) is 5.10 Å². The minimum absolute atomic E-state index is 0.439. The first kappa shape index (κ1) is 14.3. The van der Waals surface area contributed by atoms with Crippen LogP contribution < -0.4 is 10.2 Å². The molecule has 21 heavy (non-hydrogen) atoms. The van der Waals surface area contributed by atoms with Gasteiger partial charge in [0.1, 0.15) is 5.52 Å². The summed E-state index contributed by atoms with van der Waals surface area (Å²) < 4.78 is 1.97. The molecule has 1 saturated heterocycles. The monoisotopic (exact) mass is 287 g/mol. The highest BCUT2D eigenvalue weighted by Gasteiger charge is 2.22. The number of nitrogens with one attached hydrogen (secondary N) is 1. The van der Waals surface area contributed by atoms with Gasteiger partial charge in [-0.05, 0) is 31.4 Å². The molecular formula is C16H25N5. The molecule has 0 aliphatic carbocycles. The summed E-state index contributed by atoms with van der Waals surface area (Å²) in [6.07, 6.45) is 6.27. The van der Waals surface area contributed by atoms with E-state index in [0.717, 1.165) is 36.7 Å². The highest BCUT2D eigenvalue weighted by atomic mass is 15.3. The third kappa shape index (κ3) is 2.88. The van der Waals surface area contributed by atoms with Crippen LogP contribution >= 0.6 is 0 Å². The molecule has 1 aliphatic rings. The molecule has 5 heteroatoms.